The van der Waals surface area contributed by atoms with Crippen molar-refractivity contribution in [2.75, 3.05) is 10.6 Å². The van der Waals surface area contributed by atoms with E-state index in [-0.39, 0.29) is 0 Å². The van der Waals surface area contributed by atoms with Gasteiger partial charge in [0.1, 0.15) is 5.82 Å². The van der Waals surface area contributed by atoms with Crippen LogP contribution in [-0.4, -0.2) is 11.0 Å². The van der Waals surface area contributed by atoms with Crippen molar-refractivity contribution in [3.8, 4) is 11.1 Å². The third-order valence-corrected chi connectivity index (χ3v) is 3.82. The van der Waals surface area contributed by atoms with Gasteiger partial charge in [-0.2, -0.15) is 0 Å². The molecule has 0 aliphatic carbocycles. The maximum absolute atomic E-state index is 13.3. The average molecular weight is 335 g/mol. The van der Waals surface area contributed by atoms with Gasteiger partial charge < -0.3 is 10.6 Å². The number of hydrogen-bond donors (Lipinski definition) is 2. The standard InChI is InChI=1S/C20H18FN3O/c1-13-3-6-17(21)12-19(13)24-20(25)23-18-7-4-15(5-8-18)16-9-10-22-14(2)11-16/h3-12H,1-2H3,(H2,23,24,25). The van der Waals surface area contributed by atoms with Gasteiger partial charge in [0, 0.05) is 23.3 Å². The summed E-state index contributed by atoms with van der Waals surface area (Å²) >= 11 is 0. The summed E-state index contributed by atoms with van der Waals surface area (Å²) in [4.78, 5) is 16.3. The lowest BCUT2D eigenvalue weighted by atomic mass is 10.1. The molecule has 5 heteroatoms. The molecule has 3 aromatic rings. The summed E-state index contributed by atoms with van der Waals surface area (Å²) in [6, 6.07) is 15.3. The maximum atomic E-state index is 13.3. The van der Waals surface area contributed by atoms with E-state index in [1.165, 1.54) is 12.1 Å². The smallest absolute Gasteiger partial charge is 0.308 e. The fourth-order valence-electron chi connectivity index (χ4n) is 2.48. The number of rotatable bonds is 3. The highest BCUT2D eigenvalue weighted by molar-refractivity contribution is 6.00. The van der Waals surface area contributed by atoms with Gasteiger partial charge in [-0.25, -0.2) is 9.18 Å². The average Bonchev–Trinajstić information content (AvgIpc) is 2.59. The molecule has 0 radical (unpaired) electrons. The monoisotopic (exact) mass is 335 g/mol. The zero-order valence-electron chi connectivity index (χ0n) is 14.0. The number of carbonyl (C=O) groups excluding carboxylic acids is 1. The van der Waals surface area contributed by atoms with Gasteiger partial charge >= 0.3 is 6.03 Å². The molecular weight excluding hydrogens is 317 g/mol. The molecule has 0 unspecified atom stereocenters. The van der Waals surface area contributed by atoms with E-state index in [2.05, 4.69) is 15.6 Å². The molecule has 2 aromatic carbocycles. The number of aromatic nitrogens is 1. The minimum atomic E-state index is -0.416. The Morgan fingerprint density at radius 3 is 2.40 bits per heavy atom. The molecule has 0 bridgehead atoms. The number of amides is 2. The molecule has 25 heavy (non-hydrogen) atoms. The van der Waals surface area contributed by atoms with Gasteiger partial charge in [0.15, 0.2) is 0 Å². The van der Waals surface area contributed by atoms with Crippen LogP contribution in [0.5, 0.6) is 0 Å². The van der Waals surface area contributed by atoms with Crippen LogP contribution >= 0.6 is 0 Å². The lowest BCUT2D eigenvalue weighted by molar-refractivity contribution is 0.262. The topological polar surface area (TPSA) is 54.0 Å². The van der Waals surface area contributed by atoms with Crippen molar-refractivity contribution in [1.29, 1.82) is 0 Å². The third-order valence-electron chi connectivity index (χ3n) is 3.82. The first-order valence-corrected chi connectivity index (χ1v) is 7.88. The normalized spacial score (nSPS) is 10.4. The molecule has 0 aliphatic heterocycles. The molecule has 126 valence electrons. The minimum absolute atomic E-state index is 0.391. The first-order chi connectivity index (χ1) is 12.0. The van der Waals surface area contributed by atoms with Crippen LogP contribution in [0.3, 0.4) is 0 Å². The lowest BCUT2D eigenvalue weighted by Gasteiger charge is -2.10. The van der Waals surface area contributed by atoms with Gasteiger partial charge in [-0.1, -0.05) is 18.2 Å². The van der Waals surface area contributed by atoms with Gasteiger partial charge in [-0.15, -0.1) is 0 Å². The number of urea groups is 1. The summed E-state index contributed by atoms with van der Waals surface area (Å²) in [5.41, 5.74) is 4.95. The van der Waals surface area contributed by atoms with E-state index in [9.17, 15) is 9.18 Å². The summed E-state index contributed by atoms with van der Waals surface area (Å²) in [7, 11) is 0. The molecule has 3 rings (SSSR count). The zero-order chi connectivity index (χ0) is 17.8. The Balaban J connectivity index is 1.69. The second-order valence-corrected chi connectivity index (χ2v) is 5.80. The summed E-state index contributed by atoms with van der Waals surface area (Å²) < 4.78 is 13.3. The van der Waals surface area contributed by atoms with Crippen molar-refractivity contribution >= 4 is 17.4 Å². The number of nitrogens with zero attached hydrogens (tertiary/aromatic N) is 1. The van der Waals surface area contributed by atoms with Gasteiger partial charge in [-0.3, -0.25) is 4.98 Å². The Kier molecular flexibility index (Phi) is 4.75. The van der Waals surface area contributed by atoms with Crippen molar-refractivity contribution in [1.82, 2.24) is 4.98 Å². The molecule has 0 fully saturated rings. The first kappa shape index (κ1) is 16.6. The van der Waals surface area contributed by atoms with Crippen LogP contribution in [-0.2, 0) is 0 Å². The quantitative estimate of drug-likeness (QED) is 0.695. The Morgan fingerprint density at radius 2 is 1.68 bits per heavy atom. The van der Waals surface area contributed by atoms with Crippen molar-refractivity contribution in [3.05, 3.63) is 77.9 Å². The molecule has 2 amide bonds. The Labute approximate surface area is 145 Å². The number of halogens is 1. The number of pyridine rings is 1. The molecule has 1 heterocycles. The molecular formula is C20H18FN3O. The van der Waals surface area contributed by atoms with E-state index in [0.717, 1.165) is 22.4 Å². The molecule has 0 atom stereocenters. The predicted molar refractivity (Wildman–Crippen MR) is 98.2 cm³/mol. The van der Waals surface area contributed by atoms with Crippen molar-refractivity contribution in [2.45, 2.75) is 13.8 Å². The van der Waals surface area contributed by atoms with Crippen LogP contribution in [0, 0.1) is 19.7 Å². The summed E-state index contributed by atoms with van der Waals surface area (Å²) in [6.07, 6.45) is 1.77. The van der Waals surface area contributed by atoms with E-state index < -0.39 is 11.8 Å². The van der Waals surface area contributed by atoms with Gasteiger partial charge in [0.05, 0.1) is 0 Å². The molecule has 2 N–H and O–H groups in total. The molecule has 0 saturated heterocycles. The van der Waals surface area contributed by atoms with Crippen LogP contribution in [0.2, 0.25) is 0 Å². The SMILES string of the molecule is Cc1cc(-c2ccc(NC(=O)Nc3cc(F)ccc3C)cc2)ccn1. The highest BCUT2D eigenvalue weighted by Gasteiger charge is 2.06. The fraction of sp³-hybridized carbons (Fsp3) is 0.100. The molecule has 0 aliphatic rings. The fourth-order valence-corrected chi connectivity index (χ4v) is 2.48. The van der Waals surface area contributed by atoms with Gasteiger partial charge in [0.25, 0.3) is 0 Å². The Bertz CT molecular complexity index is 907. The van der Waals surface area contributed by atoms with Crippen LogP contribution in [0.4, 0.5) is 20.6 Å². The second-order valence-electron chi connectivity index (χ2n) is 5.80. The number of benzene rings is 2. The van der Waals surface area contributed by atoms with E-state index in [4.69, 9.17) is 0 Å². The highest BCUT2D eigenvalue weighted by Crippen LogP contribution is 2.22. The van der Waals surface area contributed by atoms with Crippen LogP contribution in [0.25, 0.3) is 11.1 Å². The summed E-state index contributed by atoms with van der Waals surface area (Å²) in [5.74, 6) is -0.391. The highest BCUT2D eigenvalue weighted by atomic mass is 19.1. The van der Waals surface area contributed by atoms with Gasteiger partial charge in [-0.05, 0) is 66.9 Å². The van der Waals surface area contributed by atoms with Gasteiger partial charge in [0.2, 0.25) is 0 Å². The maximum Gasteiger partial charge on any atom is 0.323 e. The van der Waals surface area contributed by atoms with Crippen LogP contribution < -0.4 is 10.6 Å². The van der Waals surface area contributed by atoms with Crippen LogP contribution in [0.1, 0.15) is 11.3 Å². The number of aryl methyl sites for hydroxylation is 2. The number of nitrogens with one attached hydrogen (secondary N) is 2. The molecule has 4 nitrogen and oxygen atoms in total. The first-order valence-electron chi connectivity index (χ1n) is 7.88. The van der Waals surface area contributed by atoms with Crippen molar-refractivity contribution < 1.29 is 9.18 Å². The minimum Gasteiger partial charge on any atom is -0.308 e. The molecule has 0 spiro atoms. The summed E-state index contributed by atoms with van der Waals surface area (Å²) in [6.45, 7) is 3.75. The van der Waals surface area contributed by atoms with E-state index in [0.29, 0.717) is 11.4 Å². The van der Waals surface area contributed by atoms with Crippen molar-refractivity contribution in [3.63, 3.8) is 0 Å². The van der Waals surface area contributed by atoms with Crippen LogP contribution in [0.15, 0.2) is 60.8 Å². The molecule has 1 aromatic heterocycles. The summed E-state index contributed by atoms with van der Waals surface area (Å²) in [5, 5.41) is 5.40. The van der Waals surface area contributed by atoms with Crippen molar-refractivity contribution in [2.24, 2.45) is 0 Å². The second kappa shape index (κ2) is 7.13. The number of hydrogen-bond acceptors (Lipinski definition) is 2. The largest absolute Gasteiger partial charge is 0.323 e. The Hall–Kier alpha value is -3.21. The third kappa shape index (κ3) is 4.20. The molecule has 0 saturated carbocycles. The number of anilines is 2. The number of carbonyl (C=O) groups is 1. The Morgan fingerprint density at radius 1 is 0.920 bits per heavy atom. The van der Waals surface area contributed by atoms with E-state index >= 15 is 0 Å². The predicted octanol–water partition coefficient (Wildman–Crippen LogP) is 5.15. The van der Waals surface area contributed by atoms with E-state index in [1.807, 2.05) is 43.3 Å². The lowest BCUT2D eigenvalue weighted by Crippen LogP contribution is -2.20. The zero-order valence-corrected chi connectivity index (χ0v) is 14.0. The van der Waals surface area contributed by atoms with E-state index in [1.54, 1.807) is 19.2 Å².